The first kappa shape index (κ1) is 19.3. The molecule has 1 heterocycles. The molecule has 1 aromatic carbocycles. The highest BCUT2D eigenvalue weighted by Gasteiger charge is 2.23. The van der Waals surface area contributed by atoms with E-state index >= 15 is 0 Å². The van der Waals surface area contributed by atoms with Gasteiger partial charge in [0, 0.05) is 37.8 Å². The molecule has 128 valence electrons. The largest absolute Gasteiger partial charge is 0.343 e. The van der Waals surface area contributed by atoms with Crippen molar-refractivity contribution in [1.29, 1.82) is 0 Å². The van der Waals surface area contributed by atoms with Crippen molar-refractivity contribution in [2.75, 3.05) is 32.0 Å². The number of hydrogen-bond donors (Lipinski definition) is 3. The molecule has 0 unspecified atom stereocenters. The number of carbonyl (C=O) groups excluding carboxylic acids is 2. The second-order valence-corrected chi connectivity index (χ2v) is 5.47. The van der Waals surface area contributed by atoms with E-state index in [2.05, 4.69) is 16.0 Å². The average Bonchev–Trinajstić information content (AvgIpc) is 2.54. The number of nitrogens with zero attached hydrogens (tertiary/aromatic N) is 1. The van der Waals surface area contributed by atoms with Crippen LogP contribution in [0.5, 0.6) is 0 Å². The number of para-hydroxylation sites is 1. The summed E-state index contributed by atoms with van der Waals surface area (Å²) in [5, 5.41) is 8.76. The summed E-state index contributed by atoms with van der Waals surface area (Å²) in [5.74, 6) is 0.182. The molecule has 0 radical (unpaired) electrons. The van der Waals surface area contributed by atoms with Gasteiger partial charge < -0.3 is 20.9 Å². The van der Waals surface area contributed by atoms with Crippen LogP contribution >= 0.6 is 12.4 Å². The predicted octanol–water partition coefficient (Wildman–Crippen LogP) is 1.83. The molecule has 0 aromatic heterocycles. The average molecular weight is 341 g/mol. The molecule has 1 aromatic rings. The Hall–Kier alpha value is -1.79. The van der Waals surface area contributed by atoms with Gasteiger partial charge in [0.15, 0.2) is 0 Å². The van der Waals surface area contributed by atoms with Crippen LogP contribution in [0.25, 0.3) is 0 Å². The lowest BCUT2D eigenvalue weighted by molar-refractivity contribution is -0.132. The molecule has 0 aliphatic carbocycles. The zero-order chi connectivity index (χ0) is 15.8. The number of likely N-dealkylation sites (tertiary alicyclic amines) is 1. The highest BCUT2D eigenvalue weighted by atomic mass is 35.5. The first-order valence-corrected chi connectivity index (χ1v) is 7.74. The van der Waals surface area contributed by atoms with Crippen LogP contribution in [0.15, 0.2) is 30.3 Å². The summed E-state index contributed by atoms with van der Waals surface area (Å²) in [6.07, 6.45) is 2.13. The van der Waals surface area contributed by atoms with Crippen LogP contribution in [0, 0.1) is 0 Å². The summed E-state index contributed by atoms with van der Waals surface area (Å²) in [6.45, 7) is 2.12. The Morgan fingerprint density at radius 2 is 1.83 bits per heavy atom. The monoisotopic (exact) mass is 340 g/mol. The normalized spacial score (nSPS) is 14.7. The fraction of sp³-hybridized carbons (Fsp3) is 0.500. The fourth-order valence-corrected chi connectivity index (χ4v) is 2.54. The summed E-state index contributed by atoms with van der Waals surface area (Å²) in [7, 11) is 1.84. The Morgan fingerprint density at radius 3 is 2.43 bits per heavy atom. The van der Waals surface area contributed by atoms with Gasteiger partial charge >= 0.3 is 6.03 Å². The van der Waals surface area contributed by atoms with Crippen molar-refractivity contribution in [1.82, 2.24) is 15.5 Å². The Balaban J connectivity index is 0.00000264. The van der Waals surface area contributed by atoms with Crippen molar-refractivity contribution in [2.45, 2.75) is 25.3 Å². The Labute approximate surface area is 143 Å². The number of urea groups is 1. The Bertz CT molecular complexity index is 490. The minimum atomic E-state index is -0.189. The quantitative estimate of drug-likeness (QED) is 0.765. The minimum Gasteiger partial charge on any atom is -0.343 e. The lowest BCUT2D eigenvalue weighted by Crippen LogP contribution is -2.47. The number of rotatable bonds is 5. The smallest absolute Gasteiger partial charge is 0.319 e. The van der Waals surface area contributed by atoms with E-state index < -0.39 is 0 Å². The third-order valence-electron chi connectivity index (χ3n) is 3.80. The Morgan fingerprint density at radius 1 is 1.17 bits per heavy atom. The maximum absolute atomic E-state index is 11.9. The molecule has 0 saturated carbocycles. The topological polar surface area (TPSA) is 73.5 Å². The van der Waals surface area contributed by atoms with Gasteiger partial charge in [-0.1, -0.05) is 18.2 Å². The molecule has 1 aliphatic rings. The summed E-state index contributed by atoms with van der Waals surface area (Å²) in [4.78, 5) is 25.7. The van der Waals surface area contributed by atoms with E-state index in [1.165, 1.54) is 0 Å². The lowest BCUT2D eigenvalue weighted by atomic mass is 10.0. The second-order valence-electron chi connectivity index (χ2n) is 5.47. The molecule has 0 atom stereocenters. The number of benzene rings is 1. The maximum atomic E-state index is 11.9. The van der Waals surface area contributed by atoms with Crippen molar-refractivity contribution in [3.05, 3.63) is 30.3 Å². The van der Waals surface area contributed by atoms with Gasteiger partial charge in [-0.25, -0.2) is 4.79 Å². The summed E-state index contributed by atoms with van der Waals surface area (Å²) in [6, 6.07) is 9.30. The SMILES string of the molecule is CNCCC(=O)N1CCC(NC(=O)Nc2ccccc2)CC1.Cl. The summed E-state index contributed by atoms with van der Waals surface area (Å²) < 4.78 is 0. The van der Waals surface area contributed by atoms with Gasteiger partial charge in [-0.15, -0.1) is 12.4 Å². The molecule has 3 amide bonds. The van der Waals surface area contributed by atoms with E-state index in [1.807, 2.05) is 42.3 Å². The van der Waals surface area contributed by atoms with Gasteiger partial charge in [-0.3, -0.25) is 4.79 Å². The molecule has 6 nitrogen and oxygen atoms in total. The van der Waals surface area contributed by atoms with E-state index in [-0.39, 0.29) is 30.4 Å². The number of hydrogen-bond acceptors (Lipinski definition) is 3. The first-order chi connectivity index (χ1) is 10.7. The molecule has 1 saturated heterocycles. The minimum absolute atomic E-state index is 0. The first-order valence-electron chi connectivity index (χ1n) is 7.74. The van der Waals surface area contributed by atoms with Crippen LogP contribution in [0.2, 0.25) is 0 Å². The van der Waals surface area contributed by atoms with Crippen molar-refractivity contribution >= 4 is 30.0 Å². The van der Waals surface area contributed by atoms with Crippen LogP contribution in [-0.4, -0.2) is 49.6 Å². The van der Waals surface area contributed by atoms with Gasteiger partial charge in [0.05, 0.1) is 0 Å². The second kappa shape index (κ2) is 10.1. The van der Waals surface area contributed by atoms with Gasteiger partial charge in [0.1, 0.15) is 0 Å². The predicted molar refractivity (Wildman–Crippen MR) is 94.0 cm³/mol. The molecular formula is C16H25ClN4O2. The van der Waals surface area contributed by atoms with Gasteiger partial charge in [0.2, 0.25) is 5.91 Å². The van der Waals surface area contributed by atoms with Crippen LogP contribution in [-0.2, 0) is 4.79 Å². The van der Waals surface area contributed by atoms with E-state index in [4.69, 9.17) is 0 Å². The molecule has 23 heavy (non-hydrogen) atoms. The molecule has 3 N–H and O–H groups in total. The van der Waals surface area contributed by atoms with E-state index in [0.29, 0.717) is 26.1 Å². The molecule has 1 aliphatic heterocycles. The molecule has 0 spiro atoms. The molecule has 1 fully saturated rings. The standard InChI is InChI=1S/C16H24N4O2.ClH/c1-17-10-7-15(21)20-11-8-14(9-12-20)19-16(22)18-13-5-3-2-4-6-13;/h2-6,14,17H,7-12H2,1H3,(H2,18,19,22);1H. The molecule has 7 heteroatoms. The lowest BCUT2D eigenvalue weighted by Gasteiger charge is -2.32. The van der Waals surface area contributed by atoms with Crippen molar-refractivity contribution < 1.29 is 9.59 Å². The third-order valence-corrected chi connectivity index (χ3v) is 3.80. The molecular weight excluding hydrogens is 316 g/mol. The van der Waals surface area contributed by atoms with Gasteiger partial charge in [-0.2, -0.15) is 0 Å². The Kier molecular flexibility index (Phi) is 8.43. The van der Waals surface area contributed by atoms with Crippen LogP contribution in [0.4, 0.5) is 10.5 Å². The fourth-order valence-electron chi connectivity index (χ4n) is 2.54. The molecule has 0 bridgehead atoms. The number of piperidine rings is 1. The highest BCUT2D eigenvalue weighted by Crippen LogP contribution is 2.12. The van der Waals surface area contributed by atoms with Gasteiger partial charge in [-0.05, 0) is 32.0 Å². The molecule has 2 rings (SSSR count). The number of halogens is 1. The van der Waals surface area contributed by atoms with E-state index in [1.54, 1.807) is 0 Å². The zero-order valence-corrected chi connectivity index (χ0v) is 14.2. The van der Waals surface area contributed by atoms with Crippen LogP contribution in [0.3, 0.4) is 0 Å². The van der Waals surface area contributed by atoms with Crippen molar-refractivity contribution in [3.8, 4) is 0 Å². The number of amides is 3. The maximum Gasteiger partial charge on any atom is 0.319 e. The highest BCUT2D eigenvalue weighted by molar-refractivity contribution is 5.89. The summed E-state index contributed by atoms with van der Waals surface area (Å²) >= 11 is 0. The summed E-state index contributed by atoms with van der Waals surface area (Å²) in [5.41, 5.74) is 0.777. The number of carbonyl (C=O) groups is 2. The number of nitrogens with one attached hydrogen (secondary N) is 3. The number of anilines is 1. The van der Waals surface area contributed by atoms with Gasteiger partial charge in [0.25, 0.3) is 0 Å². The van der Waals surface area contributed by atoms with Crippen LogP contribution < -0.4 is 16.0 Å². The van der Waals surface area contributed by atoms with Crippen molar-refractivity contribution in [2.24, 2.45) is 0 Å². The van der Waals surface area contributed by atoms with Crippen molar-refractivity contribution in [3.63, 3.8) is 0 Å². The zero-order valence-electron chi connectivity index (χ0n) is 13.4. The van der Waals surface area contributed by atoms with Crippen LogP contribution in [0.1, 0.15) is 19.3 Å². The third kappa shape index (κ3) is 6.46. The van der Waals surface area contributed by atoms with E-state index in [9.17, 15) is 9.59 Å². The van der Waals surface area contributed by atoms with E-state index in [0.717, 1.165) is 18.5 Å².